The number of halogens is 2. The zero-order valence-electron chi connectivity index (χ0n) is 13.3. The molecule has 25 heavy (non-hydrogen) atoms. The summed E-state index contributed by atoms with van der Waals surface area (Å²) in [5.74, 6) is -3.67. The number of carbonyl (C=O) groups excluding carboxylic acids is 3. The number of ketones is 1. The van der Waals surface area contributed by atoms with Crippen molar-refractivity contribution in [1.29, 1.82) is 0 Å². The number of nitrogens with one attached hydrogen (secondary N) is 1. The van der Waals surface area contributed by atoms with E-state index in [1.165, 1.54) is 6.92 Å². The van der Waals surface area contributed by atoms with Crippen molar-refractivity contribution in [2.75, 3.05) is 11.9 Å². The molecule has 1 N–H and O–H groups in total. The number of hydrogen-bond acceptors (Lipinski definition) is 4. The quantitative estimate of drug-likeness (QED) is 0.644. The second-order valence-electron chi connectivity index (χ2n) is 5.27. The summed E-state index contributed by atoms with van der Waals surface area (Å²) in [6.07, 6.45) is -0.0641. The highest BCUT2D eigenvalue weighted by Crippen LogP contribution is 2.12. The average Bonchev–Trinajstić information content (AvgIpc) is 2.56. The van der Waals surface area contributed by atoms with E-state index in [1.807, 2.05) is 0 Å². The van der Waals surface area contributed by atoms with E-state index >= 15 is 0 Å². The van der Waals surface area contributed by atoms with Gasteiger partial charge in [0.15, 0.2) is 24.0 Å². The second-order valence-corrected chi connectivity index (χ2v) is 5.27. The molecule has 0 spiro atoms. The minimum absolute atomic E-state index is 0.0641. The van der Waals surface area contributed by atoms with E-state index in [1.54, 1.807) is 24.3 Å². The highest BCUT2D eigenvalue weighted by atomic mass is 19.2. The maximum Gasteiger partial charge on any atom is 0.310 e. The molecule has 2 aromatic rings. The van der Waals surface area contributed by atoms with Crippen molar-refractivity contribution in [2.45, 2.75) is 13.3 Å². The Morgan fingerprint density at radius 3 is 2.28 bits per heavy atom. The normalized spacial score (nSPS) is 10.2. The van der Waals surface area contributed by atoms with Gasteiger partial charge in [-0.25, -0.2) is 8.78 Å². The van der Waals surface area contributed by atoms with Crippen molar-refractivity contribution in [1.82, 2.24) is 0 Å². The van der Waals surface area contributed by atoms with Gasteiger partial charge in [0.25, 0.3) is 0 Å². The van der Waals surface area contributed by atoms with Gasteiger partial charge in [-0.3, -0.25) is 14.4 Å². The van der Waals surface area contributed by atoms with Crippen molar-refractivity contribution < 1.29 is 27.9 Å². The molecule has 0 aromatic heterocycles. The Hall–Kier alpha value is -3.09. The predicted molar refractivity (Wildman–Crippen MR) is 86.1 cm³/mol. The zero-order valence-corrected chi connectivity index (χ0v) is 13.3. The fraction of sp³-hybridized carbons (Fsp3) is 0.167. The molecule has 2 rings (SSSR count). The summed E-state index contributed by atoms with van der Waals surface area (Å²) in [4.78, 5) is 34.5. The van der Waals surface area contributed by atoms with E-state index in [2.05, 4.69) is 5.32 Å². The van der Waals surface area contributed by atoms with Gasteiger partial charge in [-0.05, 0) is 35.9 Å². The summed E-state index contributed by atoms with van der Waals surface area (Å²) in [6, 6.07) is 9.27. The van der Waals surface area contributed by atoms with Crippen LogP contribution in [0.25, 0.3) is 0 Å². The largest absolute Gasteiger partial charge is 0.457 e. The fourth-order valence-corrected chi connectivity index (χ4v) is 2.03. The van der Waals surface area contributed by atoms with E-state index in [4.69, 9.17) is 4.74 Å². The highest BCUT2D eigenvalue weighted by Gasteiger charge is 2.13. The Morgan fingerprint density at radius 1 is 1.00 bits per heavy atom. The minimum Gasteiger partial charge on any atom is -0.457 e. The van der Waals surface area contributed by atoms with Crippen LogP contribution in [-0.2, 0) is 20.7 Å². The number of rotatable bonds is 6. The molecule has 0 radical (unpaired) electrons. The molecule has 0 aliphatic carbocycles. The first-order valence-corrected chi connectivity index (χ1v) is 7.35. The monoisotopic (exact) mass is 347 g/mol. The van der Waals surface area contributed by atoms with E-state index < -0.39 is 30.0 Å². The van der Waals surface area contributed by atoms with Crippen LogP contribution in [-0.4, -0.2) is 24.3 Å². The summed E-state index contributed by atoms with van der Waals surface area (Å²) >= 11 is 0. The number of Topliss-reactive ketones (excluding diaryl/α,β-unsaturated/α-hetero) is 1. The molecule has 0 atom stereocenters. The number of esters is 1. The van der Waals surface area contributed by atoms with Crippen molar-refractivity contribution >= 4 is 23.3 Å². The number of ether oxygens (including phenoxy) is 1. The second kappa shape index (κ2) is 8.14. The Kier molecular flexibility index (Phi) is 5.94. The Balaban J connectivity index is 1.86. The van der Waals surface area contributed by atoms with Gasteiger partial charge in [-0.1, -0.05) is 12.1 Å². The number of hydrogen-bond donors (Lipinski definition) is 1. The van der Waals surface area contributed by atoms with Crippen LogP contribution in [0.3, 0.4) is 0 Å². The lowest BCUT2D eigenvalue weighted by molar-refractivity contribution is -0.141. The number of carbonyl (C=O) groups is 3. The van der Waals surface area contributed by atoms with Crippen LogP contribution in [0.5, 0.6) is 0 Å². The van der Waals surface area contributed by atoms with Crippen LogP contribution >= 0.6 is 0 Å². The van der Waals surface area contributed by atoms with Gasteiger partial charge in [0.2, 0.25) is 5.91 Å². The highest BCUT2D eigenvalue weighted by molar-refractivity contribution is 5.98. The maximum absolute atomic E-state index is 13.1. The number of amides is 1. The third kappa shape index (κ3) is 5.49. The fourth-order valence-electron chi connectivity index (χ4n) is 2.03. The van der Waals surface area contributed by atoms with Crippen LogP contribution < -0.4 is 5.32 Å². The van der Waals surface area contributed by atoms with Crippen LogP contribution in [0.1, 0.15) is 22.8 Å². The third-order valence-corrected chi connectivity index (χ3v) is 3.23. The molecule has 1 amide bonds. The molecule has 0 saturated heterocycles. The van der Waals surface area contributed by atoms with E-state index in [-0.39, 0.29) is 17.9 Å². The minimum atomic E-state index is -1.14. The predicted octanol–water partition coefficient (Wildman–Crippen LogP) is 2.89. The van der Waals surface area contributed by atoms with Crippen LogP contribution in [0.2, 0.25) is 0 Å². The summed E-state index contributed by atoms with van der Waals surface area (Å²) in [7, 11) is 0. The molecule has 0 aliphatic heterocycles. The van der Waals surface area contributed by atoms with Gasteiger partial charge in [-0.15, -0.1) is 0 Å². The molecule has 0 saturated carbocycles. The molecule has 5 nitrogen and oxygen atoms in total. The van der Waals surface area contributed by atoms with Gasteiger partial charge in [0.05, 0.1) is 6.42 Å². The molecule has 7 heteroatoms. The lowest BCUT2D eigenvalue weighted by atomic mass is 10.1. The third-order valence-electron chi connectivity index (χ3n) is 3.23. The SMILES string of the molecule is CC(=O)Nc1ccc(CC(=O)OCC(=O)c2ccc(F)c(F)c2)cc1. The smallest absolute Gasteiger partial charge is 0.310 e. The van der Waals surface area contributed by atoms with E-state index in [9.17, 15) is 23.2 Å². The van der Waals surface area contributed by atoms with Crippen LogP contribution in [0.4, 0.5) is 14.5 Å². The van der Waals surface area contributed by atoms with Gasteiger partial charge in [0.1, 0.15) is 0 Å². The molecule has 0 aliphatic rings. The summed E-state index contributed by atoms with van der Waals surface area (Å²) in [6.45, 7) is 0.823. The van der Waals surface area contributed by atoms with Gasteiger partial charge in [-0.2, -0.15) is 0 Å². The lowest BCUT2D eigenvalue weighted by Gasteiger charge is -2.06. The molecule has 0 fully saturated rings. The lowest BCUT2D eigenvalue weighted by Crippen LogP contribution is -2.16. The number of benzene rings is 2. The van der Waals surface area contributed by atoms with Crippen LogP contribution in [0.15, 0.2) is 42.5 Å². The standard InChI is InChI=1S/C18H15F2NO4/c1-11(22)21-14-5-2-12(3-6-14)8-18(24)25-10-17(23)13-4-7-15(19)16(20)9-13/h2-7,9H,8,10H2,1H3,(H,21,22). The van der Waals surface area contributed by atoms with Crippen LogP contribution in [0, 0.1) is 11.6 Å². The van der Waals surface area contributed by atoms with Crippen molar-refractivity contribution in [2.24, 2.45) is 0 Å². The Morgan fingerprint density at radius 2 is 1.68 bits per heavy atom. The van der Waals surface area contributed by atoms with Gasteiger partial charge >= 0.3 is 5.97 Å². The first-order chi connectivity index (χ1) is 11.8. The Labute approximate surface area is 142 Å². The summed E-state index contributed by atoms with van der Waals surface area (Å²) < 4.78 is 30.8. The topological polar surface area (TPSA) is 72.5 Å². The molecule has 0 unspecified atom stereocenters. The Bertz CT molecular complexity index is 803. The van der Waals surface area contributed by atoms with Crippen molar-refractivity contribution in [3.8, 4) is 0 Å². The molecule has 0 bridgehead atoms. The molecular weight excluding hydrogens is 332 g/mol. The van der Waals surface area contributed by atoms with E-state index in [0.29, 0.717) is 11.3 Å². The molecule has 2 aromatic carbocycles. The van der Waals surface area contributed by atoms with E-state index in [0.717, 1.165) is 18.2 Å². The molecule has 0 heterocycles. The first-order valence-electron chi connectivity index (χ1n) is 7.35. The number of anilines is 1. The first kappa shape index (κ1) is 18.3. The van der Waals surface area contributed by atoms with Crippen molar-refractivity contribution in [3.63, 3.8) is 0 Å². The summed E-state index contributed by atoms with van der Waals surface area (Å²) in [5.41, 5.74) is 1.16. The average molecular weight is 347 g/mol. The van der Waals surface area contributed by atoms with Crippen molar-refractivity contribution in [3.05, 3.63) is 65.2 Å². The summed E-state index contributed by atoms with van der Waals surface area (Å²) in [5, 5.41) is 2.59. The van der Waals surface area contributed by atoms with Gasteiger partial charge < -0.3 is 10.1 Å². The molecule has 130 valence electrons. The van der Waals surface area contributed by atoms with Gasteiger partial charge in [0, 0.05) is 18.2 Å². The molecular formula is C18H15F2NO4. The maximum atomic E-state index is 13.1. The zero-order chi connectivity index (χ0) is 18.4.